The van der Waals surface area contributed by atoms with Crippen molar-refractivity contribution in [3.05, 3.63) is 0 Å². The first kappa shape index (κ1) is 8.06. The molecule has 1 rings (SSSR count). The fourth-order valence-electron chi connectivity index (χ4n) is 1.96. The Bertz CT molecular complexity index is 118. The molecule has 0 aromatic rings. The molecule has 0 saturated heterocycles. The van der Waals surface area contributed by atoms with Crippen LogP contribution in [-0.4, -0.2) is 11.2 Å². The molecule has 0 aliphatic heterocycles. The van der Waals surface area contributed by atoms with Gasteiger partial charge in [0.25, 0.3) is 0 Å². The van der Waals surface area contributed by atoms with Gasteiger partial charge in [0.1, 0.15) is 0 Å². The molecule has 0 unspecified atom stereocenters. The fourth-order valence-corrected chi connectivity index (χ4v) is 1.96. The maximum absolute atomic E-state index is 9.71. The lowest BCUT2D eigenvalue weighted by atomic mass is 9.70. The molecule has 1 heteroatoms. The van der Waals surface area contributed by atoms with E-state index in [9.17, 15) is 5.11 Å². The molecule has 0 bridgehead atoms. The summed E-state index contributed by atoms with van der Waals surface area (Å²) in [7, 11) is 0. The molecule has 0 radical (unpaired) electrons. The molecule has 1 fully saturated rings. The predicted octanol–water partition coefficient (Wildman–Crippen LogP) is 2.19. The van der Waals surface area contributed by atoms with Gasteiger partial charge in [-0.1, -0.05) is 27.2 Å². The number of rotatable bonds is 0. The molecule has 0 amide bonds. The SMILES string of the molecule is C[C@@H]1CCCC(C)(C)[C@H]1O. The van der Waals surface area contributed by atoms with Gasteiger partial charge in [0.2, 0.25) is 0 Å². The van der Waals surface area contributed by atoms with Gasteiger partial charge < -0.3 is 5.11 Å². The Balaban J connectivity index is 2.60. The van der Waals surface area contributed by atoms with E-state index in [0.717, 1.165) is 0 Å². The zero-order chi connectivity index (χ0) is 7.78. The highest BCUT2D eigenvalue weighted by molar-refractivity contribution is 4.85. The van der Waals surface area contributed by atoms with Crippen molar-refractivity contribution in [2.24, 2.45) is 11.3 Å². The summed E-state index contributed by atoms with van der Waals surface area (Å²) in [6.07, 6.45) is 3.58. The van der Waals surface area contributed by atoms with Crippen molar-refractivity contribution in [1.82, 2.24) is 0 Å². The third kappa shape index (κ3) is 1.34. The first-order valence-electron chi connectivity index (χ1n) is 4.22. The van der Waals surface area contributed by atoms with Gasteiger partial charge in [0.05, 0.1) is 6.10 Å². The Labute approximate surface area is 63.4 Å². The van der Waals surface area contributed by atoms with Crippen molar-refractivity contribution in [3.63, 3.8) is 0 Å². The molecule has 1 saturated carbocycles. The topological polar surface area (TPSA) is 20.2 Å². The van der Waals surface area contributed by atoms with E-state index in [-0.39, 0.29) is 11.5 Å². The number of aliphatic hydroxyl groups is 1. The van der Waals surface area contributed by atoms with Gasteiger partial charge in [-0.2, -0.15) is 0 Å². The second kappa shape index (κ2) is 2.54. The van der Waals surface area contributed by atoms with Crippen LogP contribution < -0.4 is 0 Å². The van der Waals surface area contributed by atoms with Gasteiger partial charge in [-0.15, -0.1) is 0 Å². The lowest BCUT2D eigenvalue weighted by molar-refractivity contribution is -0.0254. The Morgan fingerprint density at radius 2 is 2.00 bits per heavy atom. The molecule has 1 nitrogen and oxygen atoms in total. The summed E-state index contributed by atoms with van der Waals surface area (Å²) < 4.78 is 0. The average molecular weight is 142 g/mol. The molecule has 1 N–H and O–H groups in total. The molecule has 2 atom stereocenters. The summed E-state index contributed by atoms with van der Waals surface area (Å²) >= 11 is 0. The van der Waals surface area contributed by atoms with Crippen LogP contribution in [0.5, 0.6) is 0 Å². The third-order valence-electron chi connectivity index (χ3n) is 2.82. The molecule has 60 valence electrons. The highest BCUT2D eigenvalue weighted by Gasteiger charge is 2.34. The van der Waals surface area contributed by atoms with Crippen LogP contribution in [0.1, 0.15) is 40.0 Å². The van der Waals surface area contributed by atoms with E-state index in [4.69, 9.17) is 0 Å². The van der Waals surface area contributed by atoms with Gasteiger partial charge in [0, 0.05) is 0 Å². The summed E-state index contributed by atoms with van der Waals surface area (Å²) in [6.45, 7) is 6.46. The first-order valence-corrected chi connectivity index (χ1v) is 4.22. The maximum Gasteiger partial charge on any atom is 0.0616 e. The predicted molar refractivity (Wildman–Crippen MR) is 42.8 cm³/mol. The van der Waals surface area contributed by atoms with Crippen LogP contribution in [-0.2, 0) is 0 Å². The van der Waals surface area contributed by atoms with Crippen LogP contribution in [0, 0.1) is 11.3 Å². The molecular formula is C9H18O. The van der Waals surface area contributed by atoms with E-state index >= 15 is 0 Å². The van der Waals surface area contributed by atoms with E-state index in [0.29, 0.717) is 5.92 Å². The van der Waals surface area contributed by atoms with Crippen molar-refractivity contribution in [2.75, 3.05) is 0 Å². The van der Waals surface area contributed by atoms with Crippen molar-refractivity contribution in [2.45, 2.75) is 46.1 Å². The Hall–Kier alpha value is -0.0400. The minimum absolute atomic E-state index is 0.0822. The summed E-state index contributed by atoms with van der Waals surface area (Å²) in [5, 5.41) is 9.71. The van der Waals surface area contributed by atoms with Gasteiger partial charge in [-0.3, -0.25) is 0 Å². The van der Waals surface area contributed by atoms with Gasteiger partial charge >= 0.3 is 0 Å². The normalized spacial score (nSPS) is 39.6. The van der Waals surface area contributed by atoms with Crippen molar-refractivity contribution in [1.29, 1.82) is 0 Å². The first-order chi connectivity index (χ1) is 4.54. The molecule has 0 heterocycles. The highest BCUT2D eigenvalue weighted by atomic mass is 16.3. The molecule has 1 aliphatic carbocycles. The average Bonchev–Trinajstić information content (AvgIpc) is 1.83. The Morgan fingerprint density at radius 3 is 2.40 bits per heavy atom. The van der Waals surface area contributed by atoms with Gasteiger partial charge in [-0.25, -0.2) is 0 Å². The lowest BCUT2D eigenvalue weighted by Gasteiger charge is -2.39. The van der Waals surface area contributed by atoms with Crippen LogP contribution >= 0.6 is 0 Å². The number of hydrogen-bond donors (Lipinski definition) is 1. The molecule has 0 aromatic heterocycles. The van der Waals surface area contributed by atoms with E-state index in [2.05, 4.69) is 20.8 Å². The zero-order valence-electron chi connectivity index (χ0n) is 7.22. The van der Waals surface area contributed by atoms with Crippen LogP contribution in [0.4, 0.5) is 0 Å². The molecule has 1 aliphatic rings. The van der Waals surface area contributed by atoms with Gasteiger partial charge in [0.15, 0.2) is 0 Å². The minimum Gasteiger partial charge on any atom is -0.392 e. The second-order valence-corrected chi connectivity index (χ2v) is 4.30. The summed E-state index contributed by atoms with van der Waals surface area (Å²) in [4.78, 5) is 0. The van der Waals surface area contributed by atoms with Crippen LogP contribution in [0.2, 0.25) is 0 Å². The second-order valence-electron chi connectivity index (χ2n) is 4.30. The van der Waals surface area contributed by atoms with E-state index in [1.807, 2.05) is 0 Å². The number of aliphatic hydroxyl groups excluding tert-OH is 1. The van der Waals surface area contributed by atoms with Crippen molar-refractivity contribution in [3.8, 4) is 0 Å². The molecule has 0 spiro atoms. The third-order valence-corrected chi connectivity index (χ3v) is 2.82. The highest BCUT2D eigenvalue weighted by Crippen LogP contribution is 2.38. The largest absolute Gasteiger partial charge is 0.392 e. The summed E-state index contributed by atoms with van der Waals surface area (Å²) in [6, 6.07) is 0. The Kier molecular flexibility index (Phi) is 2.04. The quantitative estimate of drug-likeness (QED) is 0.549. The van der Waals surface area contributed by atoms with E-state index < -0.39 is 0 Å². The monoisotopic (exact) mass is 142 g/mol. The molecule has 0 aromatic carbocycles. The lowest BCUT2D eigenvalue weighted by Crippen LogP contribution is -2.38. The number of hydrogen-bond acceptors (Lipinski definition) is 1. The molecule has 10 heavy (non-hydrogen) atoms. The summed E-state index contributed by atoms with van der Waals surface area (Å²) in [5.41, 5.74) is 0.164. The van der Waals surface area contributed by atoms with Crippen LogP contribution in [0.25, 0.3) is 0 Å². The van der Waals surface area contributed by atoms with Crippen molar-refractivity contribution < 1.29 is 5.11 Å². The zero-order valence-corrected chi connectivity index (χ0v) is 7.22. The molecular weight excluding hydrogens is 124 g/mol. The fraction of sp³-hybridized carbons (Fsp3) is 1.00. The maximum atomic E-state index is 9.71. The van der Waals surface area contributed by atoms with E-state index in [1.165, 1.54) is 19.3 Å². The van der Waals surface area contributed by atoms with E-state index in [1.54, 1.807) is 0 Å². The summed E-state index contributed by atoms with van der Waals surface area (Å²) in [5.74, 6) is 0.503. The van der Waals surface area contributed by atoms with Crippen molar-refractivity contribution >= 4 is 0 Å². The standard InChI is InChI=1S/C9H18O/c1-7-5-4-6-9(2,3)8(7)10/h7-8,10H,4-6H2,1-3H3/t7-,8+/m1/s1. The van der Waals surface area contributed by atoms with Crippen LogP contribution in [0.15, 0.2) is 0 Å². The van der Waals surface area contributed by atoms with Gasteiger partial charge in [-0.05, 0) is 24.2 Å². The smallest absolute Gasteiger partial charge is 0.0616 e. The van der Waals surface area contributed by atoms with Crippen LogP contribution in [0.3, 0.4) is 0 Å². The minimum atomic E-state index is -0.0822. The Morgan fingerprint density at radius 1 is 1.40 bits per heavy atom.